The van der Waals surface area contributed by atoms with E-state index < -0.39 is 0 Å². The van der Waals surface area contributed by atoms with Crippen molar-refractivity contribution in [1.29, 1.82) is 0 Å². The van der Waals surface area contributed by atoms with Gasteiger partial charge in [0.15, 0.2) is 0 Å². The second-order valence-electron chi connectivity index (χ2n) is 7.77. The molecule has 0 spiro atoms. The molecule has 1 aliphatic rings. The van der Waals surface area contributed by atoms with Gasteiger partial charge < -0.3 is 19.3 Å². The van der Waals surface area contributed by atoms with Crippen LogP contribution in [0.15, 0.2) is 48.5 Å². The van der Waals surface area contributed by atoms with Crippen molar-refractivity contribution >= 4 is 11.8 Å². The van der Waals surface area contributed by atoms with E-state index in [0.29, 0.717) is 26.2 Å². The lowest BCUT2D eigenvalue weighted by Gasteiger charge is -2.34. The molecule has 1 unspecified atom stereocenters. The molecule has 2 aromatic rings. The van der Waals surface area contributed by atoms with Gasteiger partial charge in [0, 0.05) is 20.1 Å². The van der Waals surface area contributed by atoms with E-state index >= 15 is 0 Å². The van der Waals surface area contributed by atoms with E-state index in [1.807, 2.05) is 24.3 Å². The number of hydrogen-bond donors (Lipinski definition) is 0. The number of carbonyl (C=O) groups is 2. The Morgan fingerprint density at radius 1 is 1.10 bits per heavy atom. The average Bonchev–Trinajstić information content (AvgIpc) is 2.80. The minimum absolute atomic E-state index is 0.0256. The zero-order valence-electron chi connectivity index (χ0n) is 18.1. The van der Waals surface area contributed by atoms with Crippen molar-refractivity contribution < 1.29 is 23.5 Å². The number of likely N-dealkylation sites (tertiary alicyclic amines) is 1. The van der Waals surface area contributed by atoms with Crippen LogP contribution in [-0.4, -0.2) is 62.0 Å². The molecule has 0 radical (unpaired) electrons. The van der Waals surface area contributed by atoms with Gasteiger partial charge in [0.2, 0.25) is 11.8 Å². The molecular weight excluding hydrogens is 399 g/mol. The van der Waals surface area contributed by atoms with Gasteiger partial charge in [-0.3, -0.25) is 9.59 Å². The molecule has 1 atom stereocenters. The first-order valence-corrected chi connectivity index (χ1v) is 10.5. The Balaban J connectivity index is 1.46. The normalized spacial score (nSPS) is 16.0. The molecule has 2 amide bonds. The number of hydrogen-bond acceptors (Lipinski definition) is 4. The fourth-order valence-electron chi connectivity index (χ4n) is 3.69. The van der Waals surface area contributed by atoms with Gasteiger partial charge in [-0.25, -0.2) is 4.39 Å². The molecule has 2 aromatic carbocycles. The first-order chi connectivity index (χ1) is 15.0. The van der Waals surface area contributed by atoms with Crippen molar-refractivity contribution in [2.24, 2.45) is 5.92 Å². The molecule has 3 rings (SSSR count). The van der Waals surface area contributed by atoms with Crippen LogP contribution in [0.5, 0.6) is 11.5 Å². The zero-order chi connectivity index (χ0) is 22.2. The molecule has 0 aromatic heterocycles. The van der Waals surface area contributed by atoms with Crippen LogP contribution in [0.4, 0.5) is 4.39 Å². The molecule has 0 bridgehead atoms. The third kappa shape index (κ3) is 6.44. The summed E-state index contributed by atoms with van der Waals surface area (Å²) in [6.45, 7) is 1.91. The number of carbonyl (C=O) groups excluding carboxylic acids is 2. The summed E-state index contributed by atoms with van der Waals surface area (Å²) in [5.41, 5.74) is 0.771. The van der Waals surface area contributed by atoms with Gasteiger partial charge in [-0.05, 0) is 54.8 Å². The molecule has 1 heterocycles. The zero-order valence-corrected chi connectivity index (χ0v) is 18.1. The van der Waals surface area contributed by atoms with Crippen LogP contribution in [0, 0.1) is 11.7 Å². The van der Waals surface area contributed by atoms with E-state index in [9.17, 15) is 14.0 Å². The van der Waals surface area contributed by atoms with E-state index in [0.717, 1.165) is 29.9 Å². The minimum Gasteiger partial charge on any atom is -0.497 e. The number of halogens is 1. The van der Waals surface area contributed by atoms with Gasteiger partial charge in [-0.2, -0.15) is 0 Å². The van der Waals surface area contributed by atoms with Gasteiger partial charge in [-0.1, -0.05) is 12.1 Å². The van der Waals surface area contributed by atoms with Crippen LogP contribution in [-0.2, 0) is 16.0 Å². The molecule has 31 heavy (non-hydrogen) atoms. The lowest BCUT2D eigenvalue weighted by Crippen LogP contribution is -2.46. The van der Waals surface area contributed by atoms with Crippen LogP contribution in [0.25, 0.3) is 0 Å². The highest BCUT2D eigenvalue weighted by atomic mass is 19.1. The topological polar surface area (TPSA) is 59.1 Å². The van der Waals surface area contributed by atoms with E-state index in [4.69, 9.17) is 9.47 Å². The number of amides is 2. The van der Waals surface area contributed by atoms with Crippen LogP contribution >= 0.6 is 0 Å². The Morgan fingerprint density at radius 3 is 2.45 bits per heavy atom. The molecule has 0 aliphatic carbocycles. The first kappa shape index (κ1) is 22.6. The highest BCUT2D eigenvalue weighted by Crippen LogP contribution is 2.20. The van der Waals surface area contributed by atoms with Gasteiger partial charge in [0.05, 0.1) is 26.0 Å². The van der Waals surface area contributed by atoms with Crippen LogP contribution in [0.1, 0.15) is 18.4 Å². The van der Waals surface area contributed by atoms with Crippen molar-refractivity contribution in [3.63, 3.8) is 0 Å². The summed E-state index contributed by atoms with van der Waals surface area (Å²) < 4.78 is 23.9. The summed E-state index contributed by atoms with van der Waals surface area (Å²) in [4.78, 5) is 28.9. The SMILES string of the molecule is COc1ccc(OCCN(C)C(=O)C2CCCN(C(=O)Cc3ccc(F)cc3)C2)cc1. The minimum atomic E-state index is -0.321. The Labute approximate surface area is 182 Å². The van der Waals surface area contributed by atoms with Gasteiger partial charge in [-0.15, -0.1) is 0 Å². The van der Waals surface area contributed by atoms with Gasteiger partial charge in [0.25, 0.3) is 0 Å². The van der Waals surface area contributed by atoms with Crippen LogP contribution in [0.3, 0.4) is 0 Å². The van der Waals surface area contributed by atoms with Crippen molar-refractivity contribution in [3.05, 3.63) is 59.9 Å². The maximum Gasteiger partial charge on any atom is 0.227 e. The predicted octanol–water partition coefficient (Wildman–Crippen LogP) is 3.15. The molecular formula is C24H29FN2O4. The van der Waals surface area contributed by atoms with Gasteiger partial charge >= 0.3 is 0 Å². The summed E-state index contributed by atoms with van der Waals surface area (Å²) in [7, 11) is 3.37. The number of piperidine rings is 1. The standard InChI is InChI=1S/C24H29FN2O4/c1-26(14-15-31-22-11-9-21(30-2)10-12-22)24(29)19-4-3-13-27(17-19)23(28)16-18-5-7-20(25)8-6-18/h5-12,19H,3-4,13-17H2,1-2H3. The molecule has 1 saturated heterocycles. The lowest BCUT2D eigenvalue weighted by molar-refractivity contribution is -0.140. The summed E-state index contributed by atoms with van der Waals surface area (Å²) in [5.74, 6) is 0.940. The smallest absolute Gasteiger partial charge is 0.227 e. The highest BCUT2D eigenvalue weighted by molar-refractivity contribution is 5.82. The highest BCUT2D eigenvalue weighted by Gasteiger charge is 2.30. The third-order valence-corrected chi connectivity index (χ3v) is 5.52. The van der Waals surface area contributed by atoms with Crippen LogP contribution in [0.2, 0.25) is 0 Å². The van der Waals surface area contributed by atoms with Crippen molar-refractivity contribution in [2.75, 3.05) is 40.4 Å². The predicted molar refractivity (Wildman–Crippen MR) is 116 cm³/mol. The molecule has 166 valence electrons. The fraction of sp³-hybridized carbons (Fsp3) is 0.417. The number of rotatable bonds is 8. The number of methoxy groups -OCH3 is 1. The molecule has 1 fully saturated rings. The third-order valence-electron chi connectivity index (χ3n) is 5.52. The molecule has 7 heteroatoms. The Hall–Kier alpha value is -3.09. The van der Waals surface area contributed by atoms with Crippen molar-refractivity contribution in [2.45, 2.75) is 19.3 Å². The Kier molecular flexibility index (Phi) is 7.87. The second-order valence-corrected chi connectivity index (χ2v) is 7.77. The van der Waals surface area contributed by atoms with E-state index in [1.165, 1.54) is 12.1 Å². The van der Waals surface area contributed by atoms with Crippen LogP contribution < -0.4 is 9.47 Å². The number of likely N-dealkylation sites (N-methyl/N-ethyl adjacent to an activating group) is 1. The molecule has 0 saturated carbocycles. The van der Waals surface area contributed by atoms with E-state index in [1.54, 1.807) is 36.1 Å². The number of benzene rings is 2. The summed E-state index contributed by atoms with van der Waals surface area (Å²) in [6, 6.07) is 13.3. The molecule has 1 aliphatic heterocycles. The van der Waals surface area contributed by atoms with E-state index in [-0.39, 0.29) is 30.0 Å². The maximum atomic E-state index is 13.1. The second kappa shape index (κ2) is 10.8. The van der Waals surface area contributed by atoms with Crippen molar-refractivity contribution in [3.8, 4) is 11.5 Å². The summed E-state index contributed by atoms with van der Waals surface area (Å²) >= 11 is 0. The number of ether oxygens (including phenoxy) is 2. The first-order valence-electron chi connectivity index (χ1n) is 10.5. The maximum absolute atomic E-state index is 13.1. The Morgan fingerprint density at radius 2 is 1.77 bits per heavy atom. The Bertz CT molecular complexity index is 870. The largest absolute Gasteiger partial charge is 0.497 e. The number of nitrogens with zero attached hydrogens (tertiary/aromatic N) is 2. The summed E-state index contributed by atoms with van der Waals surface area (Å²) in [5, 5.41) is 0. The van der Waals surface area contributed by atoms with Gasteiger partial charge in [0.1, 0.15) is 23.9 Å². The quantitative estimate of drug-likeness (QED) is 0.648. The van der Waals surface area contributed by atoms with Crippen molar-refractivity contribution in [1.82, 2.24) is 9.80 Å². The molecule has 0 N–H and O–H groups in total. The lowest BCUT2D eigenvalue weighted by atomic mass is 9.96. The van der Waals surface area contributed by atoms with E-state index in [2.05, 4.69) is 0 Å². The monoisotopic (exact) mass is 428 g/mol. The average molecular weight is 429 g/mol. The fourth-order valence-corrected chi connectivity index (χ4v) is 3.69. The summed E-state index contributed by atoms with van der Waals surface area (Å²) in [6.07, 6.45) is 1.78. The molecule has 6 nitrogen and oxygen atoms in total.